The Hall–Kier alpha value is -1.77. The molecular weight excluding hydrogens is 387 g/mol. The predicted molar refractivity (Wildman–Crippen MR) is 97.2 cm³/mol. The molecule has 0 aliphatic heterocycles. The lowest BCUT2D eigenvalue weighted by atomic mass is 10.3. The van der Waals surface area contributed by atoms with Crippen molar-refractivity contribution >= 4 is 52.5 Å². The van der Waals surface area contributed by atoms with Crippen molar-refractivity contribution in [3.8, 4) is 0 Å². The molecule has 7 nitrogen and oxygen atoms in total. The van der Waals surface area contributed by atoms with Gasteiger partial charge >= 0.3 is 5.97 Å². The Kier molecular flexibility index (Phi) is 7.10. The molecule has 0 bridgehead atoms. The monoisotopic (exact) mass is 402 g/mol. The van der Waals surface area contributed by atoms with Crippen molar-refractivity contribution in [2.75, 3.05) is 17.7 Å². The van der Waals surface area contributed by atoms with Gasteiger partial charge in [0.05, 0.1) is 12.4 Å². The van der Waals surface area contributed by atoms with Crippen molar-refractivity contribution in [3.63, 3.8) is 0 Å². The summed E-state index contributed by atoms with van der Waals surface area (Å²) in [5, 5.41) is 12.0. The number of carbonyl (C=O) groups excluding carboxylic acids is 2. The summed E-state index contributed by atoms with van der Waals surface area (Å²) in [6.45, 7) is 2.05. The van der Waals surface area contributed by atoms with Crippen LogP contribution in [0.3, 0.4) is 0 Å². The van der Waals surface area contributed by atoms with E-state index in [1.54, 1.807) is 36.7 Å². The zero-order valence-corrected chi connectivity index (χ0v) is 15.9. The van der Waals surface area contributed by atoms with E-state index in [4.69, 9.17) is 27.9 Å². The molecule has 2 rings (SSSR count). The summed E-state index contributed by atoms with van der Waals surface area (Å²) >= 11 is 13.0. The molecular formula is C15H16Cl2N4O3S. The van der Waals surface area contributed by atoms with Crippen LogP contribution in [0.5, 0.6) is 0 Å². The van der Waals surface area contributed by atoms with E-state index in [2.05, 4.69) is 15.5 Å². The smallest absolute Gasteiger partial charge is 0.313 e. The zero-order valence-electron chi connectivity index (χ0n) is 13.6. The number of benzene rings is 1. The molecule has 25 heavy (non-hydrogen) atoms. The van der Waals surface area contributed by atoms with Gasteiger partial charge in [-0.1, -0.05) is 35.0 Å². The van der Waals surface area contributed by atoms with E-state index < -0.39 is 0 Å². The fraction of sp³-hybridized carbons (Fsp3) is 0.333. The Morgan fingerprint density at radius 2 is 1.92 bits per heavy atom. The Balaban J connectivity index is 1.91. The standard InChI is InChI=1S/C15H16Cl2N4O3S/c1-3-24-14(23)7-12-19-20-15(21(12)2)25-8-13(22)18-11-5-9(16)4-10(17)6-11/h4-6H,3,7-8H2,1-2H3,(H,18,22). The summed E-state index contributed by atoms with van der Waals surface area (Å²) in [4.78, 5) is 23.5. The summed E-state index contributed by atoms with van der Waals surface area (Å²) in [6.07, 6.45) is 0.0328. The summed E-state index contributed by atoms with van der Waals surface area (Å²) < 4.78 is 6.54. The molecule has 0 atom stereocenters. The number of rotatable bonds is 7. The lowest BCUT2D eigenvalue weighted by molar-refractivity contribution is -0.142. The number of amides is 1. The van der Waals surface area contributed by atoms with Crippen LogP contribution < -0.4 is 5.32 Å². The van der Waals surface area contributed by atoms with Gasteiger partial charge in [0.15, 0.2) is 5.16 Å². The van der Waals surface area contributed by atoms with Crippen LogP contribution >= 0.6 is 35.0 Å². The quantitative estimate of drug-likeness (QED) is 0.565. The maximum absolute atomic E-state index is 12.0. The topological polar surface area (TPSA) is 86.1 Å². The van der Waals surface area contributed by atoms with Crippen LogP contribution in [0.4, 0.5) is 5.69 Å². The van der Waals surface area contributed by atoms with Crippen molar-refractivity contribution in [1.29, 1.82) is 0 Å². The number of carbonyl (C=O) groups is 2. The largest absolute Gasteiger partial charge is 0.466 e. The highest BCUT2D eigenvalue weighted by Gasteiger charge is 2.15. The fourth-order valence-corrected chi connectivity index (χ4v) is 3.17. The third-order valence-electron chi connectivity index (χ3n) is 3.01. The summed E-state index contributed by atoms with van der Waals surface area (Å²) in [7, 11) is 1.73. The predicted octanol–water partition coefficient (Wildman–Crippen LogP) is 2.96. The van der Waals surface area contributed by atoms with Gasteiger partial charge in [0.1, 0.15) is 12.2 Å². The molecule has 1 aromatic heterocycles. The number of thioether (sulfide) groups is 1. The van der Waals surface area contributed by atoms with Crippen molar-refractivity contribution in [2.24, 2.45) is 7.05 Å². The Morgan fingerprint density at radius 3 is 2.56 bits per heavy atom. The number of nitrogens with zero attached hydrogens (tertiary/aromatic N) is 3. The molecule has 0 fully saturated rings. The second-order valence-corrected chi connectivity index (χ2v) is 6.75. The molecule has 2 aromatic rings. The minimum Gasteiger partial charge on any atom is -0.466 e. The van der Waals surface area contributed by atoms with Crippen LogP contribution in [-0.4, -0.2) is 39.0 Å². The van der Waals surface area contributed by atoms with Crippen molar-refractivity contribution in [3.05, 3.63) is 34.1 Å². The molecule has 10 heteroatoms. The first kappa shape index (κ1) is 19.6. The van der Waals surface area contributed by atoms with Gasteiger partial charge in [-0.25, -0.2) is 0 Å². The van der Waals surface area contributed by atoms with E-state index in [9.17, 15) is 9.59 Å². The molecule has 0 saturated heterocycles. The number of esters is 1. The van der Waals surface area contributed by atoms with Gasteiger partial charge in [0.25, 0.3) is 0 Å². The van der Waals surface area contributed by atoms with Gasteiger partial charge in [0, 0.05) is 22.8 Å². The number of aromatic nitrogens is 3. The lowest BCUT2D eigenvalue weighted by Gasteiger charge is -2.06. The van der Waals surface area contributed by atoms with Crippen LogP contribution in [0.2, 0.25) is 10.0 Å². The zero-order chi connectivity index (χ0) is 18.4. The highest BCUT2D eigenvalue weighted by molar-refractivity contribution is 7.99. The maximum atomic E-state index is 12.0. The number of hydrogen-bond acceptors (Lipinski definition) is 6. The van der Waals surface area contributed by atoms with Gasteiger partial charge in [-0.2, -0.15) is 0 Å². The second kappa shape index (κ2) is 9.07. The van der Waals surface area contributed by atoms with E-state index >= 15 is 0 Å². The Bertz CT molecular complexity index is 762. The summed E-state index contributed by atoms with van der Waals surface area (Å²) in [6, 6.07) is 4.80. The number of anilines is 1. The first-order chi connectivity index (χ1) is 11.9. The van der Waals surface area contributed by atoms with Gasteiger partial charge < -0.3 is 14.6 Å². The third-order valence-corrected chi connectivity index (χ3v) is 4.47. The first-order valence-electron chi connectivity index (χ1n) is 7.31. The second-order valence-electron chi connectivity index (χ2n) is 4.93. The number of ether oxygens (including phenoxy) is 1. The van der Waals surface area contributed by atoms with Gasteiger partial charge in [0.2, 0.25) is 5.91 Å². The molecule has 0 aliphatic rings. The fourth-order valence-electron chi connectivity index (χ4n) is 1.92. The van der Waals surface area contributed by atoms with Crippen LogP contribution in [0.1, 0.15) is 12.7 Å². The molecule has 1 amide bonds. The highest BCUT2D eigenvalue weighted by Crippen LogP contribution is 2.23. The van der Waals surface area contributed by atoms with Crippen LogP contribution in [0, 0.1) is 0 Å². The van der Waals surface area contributed by atoms with Crippen LogP contribution in [0.15, 0.2) is 23.4 Å². The van der Waals surface area contributed by atoms with Gasteiger partial charge in [-0.05, 0) is 25.1 Å². The molecule has 0 unspecified atom stereocenters. The molecule has 0 radical (unpaired) electrons. The molecule has 1 heterocycles. The highest BCUT2D eigenvalue weighted by atomic mass is 35.5. The molecule has 0 spiro atoms. The molecule has 0 saturated carbocycles. The Morgan fingerprint density at radius 1 is 1.24 bits per heavy atom. The Labute approximate surface area is 159 Å². The van der Waals surface area contributed by atoms with E-state index in [-0.39, 0.29) is 24.1 Å². The molecule has 1 aromatic carbocycles. The van der Waals surface area contributed by atoms with Gasteiger partial charge in [-0.15, -0.1) is 10.2 Å². The minimum atomic E-state index is -0.370. The molecule has 134 valence electrons. The summed E-state index contributed by atoms with van der Waals surface area (Å²) in [5.41, 5.74) is 0.518. The number of hydrogen-bond donors (Lipinski definition) is 1. The number of nitrogens with one attached hydrogen (secondary N) is 1. The molecule has 0 aliphatic carbocycles. The lowest BCUT2D eigenvalue weighted by Crippen LogP contribution is -2.15. The van der Waals surface area contributed by atoms with Crippen molar-refractivity contribution in [1.82, 2.24) is 14.8 Å². The average molecular weight is 403 g/mol. The van der Waals surface area contributed by atoms with Crippen LogP contribution in [0.25, 0.3) is 0 Å². The maximum Gasteiger partial charge on any atom is 0.313 e. The van der Waals surface area contributed by atoms with Gasteiger partial charge in [-0.3, -0.25) is 9.59 Å². The summed E-state index contributed by atoms with van der Waals surface area (Å²) in [5.74, 6) is -0.0124. The molecule has 1 N–H and O–H groups in total. The van der Waals surface area contributed by atoms with E-state index in [0.29, 0.717) is 33.3 Å². The average Bonchev–Trinajstić information content (AvgIpc) is 2.85. The van der Waals surface area contributed by atoms with E-state index in [1.165, 1.54) is 11.8 Å². The normalized spacial score (nSPS) is 10.6. The third kappa shape index (κ3) is 5.91. The van der Waals surface area contributed by atoms with Crippen molar-refractivity contribution in [2.45, 2.75) is 18.5 Å². The van der Waals surface area contributed by atoms with Crippen LogP contribution in [-0.2, 0) is 27.8 Å². The van der Waals surface area contributed by atoms with E-state index in [0.717, 1.165) is 0 Å². The van der Waals surface area contributed by atoms with E-state index in [1.807, 2.05) is 0 Å². The van der Waals surface area contributed by atoms with Crippen molar-refractivity contribution < 1.29 is 14.3 Å². The minimum absolute atomic E-state index is 0.0328. The number of halogens is 2. The first-order valence-corrected chi connectivity index (χ1v) is 9.05. The SMILES string of the molecule is CCOC(=O)Cc1nnc(SCC(=O)Nc2cc(Cl)cc(Cl)c2)n1C.